The molecule has 0 unspecified atom stereocenters. The van der Waals surface area contributed by atoms with Crippen molar-refractivity contribution in [2.45, 2.75) is 46.1 Å². The van der Waals surface area contributed by atoms with Crippen molar-refractivity contribution in [3.8, 4) is 0 Å². The van der Waals surface area contributed by atoms with E-state index in [-0.39, 0.29) is 11.3 Å². The predicted molar refractivity (Wildman–Crippen MR) is 139 cm³/mol. The van der Waals surface area contributed by atoms with Gasteiger partial charge in [0.2, 0.25) is 0 Å². The average molecular weight is 491 g/mol. The number of nitrogens with zero attached hydrogens (tertiary/aromatic N) is 3. The fourth-order valence-corrected chi connectivity index (χ4v) is 3.99. The van der Waals surface area contributed by atoms with Crippen LogP contribution < -0.4 is 16.0 Å². The summed E-state index contributed by atoms with van der Waals surface area (Å²) in [7, 11) is 0. The normalized spacial score (nSPS) is 13.2. The van der Waals surface area contributed by atoms with E-state index in [9.17, 15) is 14.0 Å². The molecule has 0 radical (unpaired) electrons. The maximum Gasteiger partial charge on any atom is 0.276 e. The van der Waals surface area contributed by atoms with Crippen LogP contribution in [-0.4, -0.2) is 40.5 Å². The Morgan fingerprint density at radius 3 is 2.39 bits per heavy atom. The van der Waals surface area contributed by atoms with Gasteiger partial charge in [-0.2, -0.15) is 5.10 Å². The first-order valence-electron chi connectivity index (χ1n) is 12.0. The van der Waals surface area contributed by atoms with Crippen molar-refractivity contribution in [2.75, 3.05) is 23.7 Å². The molecule has 0 bridgehead atoms. The Morgan fingerprint density at radius 2 is 1.75 bits per heavy atom. The summed E-state index contributed by atoms with van der Waals surface area (Å²) in [6.07, 6.45) is 1.72. The number of halogens is 1. The zero-order valence-electron chi connectivity index (χ0n) is 21.0. The lowest BCUT2D eigenvalue weighted by molar-refractivity contribution is 0.101. The molecule has 0 atom stereocenters. The van der Waals surface area contributed by atoms with Crippen LogP contribution in [-0.2, 0) is 12.0 Å². The van der Waals surface area contributed by atoms with Gasteiger partial charge in [0.15, 0.2) is 5.69 Å². The number of hydrogen-bond acceptors (Lipinski definition) is 5. The third-order valence-electron chi connectivity index (χ3n) is 5.93. The van der Waals surface area contributed by atoms with Gasteiger partial charge in [-0.25, -0.2) is 9.07 Å². The molecule has 0 fully saturated rings. The summed E-state index contributed by atoms with van der Waals surface area (Å²) >= 11 is 0. The molecule has 3 N–H and O–H groups in total. The highest BCUT2D eigenvalue weighted by Gasteiger charge is 2.28. The van der Waals surface area contributed by atoms with E-state index >= 15 is 0 Å². The lowest BCUT2D eigenvalue weighted by Gasteiger charge is -2.22. The Balaban J connectivity index is 1.51. The number of carbonyl (C=O) groups is 2. The zero-order chi connectivity index (χ0) is 25.9. The van der Waals surface area contributed by atoms with Gasteiger partial charge < -0.3 is 16.0 Å². The zero-order valence-corrected chi connectivity index (χ0v) is 21.0. The van der Waals surface area contributed by atoms with E-state index in [1.165, 1.54) is 18.2 Å². The van der Waals surface area contributed by atoms with Gasteiger partial charge in [-0.05, 0) is 63.9 Å². The Kier molecular flexibility index (Phi) is 7.19. The van der Waals surface area contributed by atoms with Crippen molar-refractivity contribution in [2.24, 2.45) is 4.99 Å². The summed E-state index contributed by atoms with van der Waals surface area (Å²) in [5, 5.41) is 13.4. The molecular formula is C27H31FN6O2. The highest BCUT2D eigenvalue weighted by molar-refractivity contribution is 6.07. The molecule has 2 amide bonds. The Hall–Kier alpha value is -4.01. The number of nitrogens with one attached hydrogen (secondary N) is 3. The van der Waals surface area contributed by atoms with Crippen LogP contribution in [0.1, 0.15) is 59.2 Å². The fourth-order valence-electron chi connectivity index (χ4n) is 3.99. The van der Waals surface area contributed by atoms with Crippen molar-refractivity contribution in [3.05, 3.63) is 76.7 Å². The van der Waals surface area contributed by atoms with Gasteiger partial charge in [0, 0.05) is 24.2 Å². The number of benzene rings is 2. The second kappa shape index (κ2) is 10.3. The molecule has 1 aromatic heterocycles. The minimum Gasteiger partial charge on any atom is -0.372 e. The molecule has 188 valence electrons. The van der Waals surface area contributed by atoms with Crippen molar-refractivity contribution in [1.29, 1.82) is 0 Å². The number of rotatable bonds is 7. The standard InChI is InChI=1S/C27H31FN6O2/c1-17-23(26(36)31-19-12-9-18(10-13-19)11-14-22-29-15-16-30-22)33-34(27(2,3)4)24(17)32-25(35)20-7-5-6-8-21(20)28/h5-10,12-13H,11,14-16H2,1-4H3,(H,29,30)(H,31,36)(H,32,35). The van der Waals surface area contributed by atoms with E-state index in [0.717, 1.165) is 37.3 Å². The Morgan fingerprint density at radius 1 is 1.03 bits per heavy atom. The summed E-state index contributed by atoms with van der Waals surface area (Å²) in [5.41, 5.74) is 1.84. The van der Waals surface area contributed by atoms with Gasteiger partial charge in [0.1, 0.15) is 11.6 Å². The number of amides is 2. The van der Waals surface area contributed by atoms with Gasteiger partial charge in [-0.1, -0.05) is 24.3 Å². The molecular weight excluding hydrogens is 459 g/mol. The summed E-state index contributed by atoms with van der Waals surface area (Å²) in [6, 6.07) is 13.4. The molecule has 0 aliphatic carbocycles. The number of aryl methyl sites for hydroxylation is 1. The summed E-state index contributed by atoms with van der Waals surface area (Å²) in [6.45, 7) is 9.17. The average Bonchev–Trinajstić information content (AvgIpc) is 3.47. The monoisotopic (exact) mass is 490 g/mol. The topological polar surface area (TPSA) is 100 Å². The molecule has 3 aromatic rings. The predicted octanol–water partition coefficient (Wildman–Crippen LogP) is 4.52. The molecule has 0 saturated carbocycles. The Labute approximate surface area is 210 Å². The van der Waals surface area contributed by atoms with E-state index in [0.29, 0.717) is 17.1 Å². The molecule has 4 rings (SSSR count). The van der Waals surface area contributed by atoms with Crippen molar-refractivity contribution in [1.82, 2.24) is 15.1 Å². The molecule has 8 nitrogen and oxygen atoms in total. The number of aliphatic imine (C=N–C) groups is 1. The molecule has 2 aromatic carbocycles. The molecule has 1 aliphatic heterocycles. The number of amidine groups is 1. The largest absolute Gasteiger partial charge is 0.372 e. The van der Waals surface area contributed by atoms with Crippen LogP contribution in [0.25, 0.3) is 0 Å². The van der Waals surface area contributed by atoms with Crippen LogP contribution in [0.3, 0.4) is 0 Å². The molecule has 0 spiro atoms. The van der Waals surface area contributed by atoms with Gasteiger partial charge >= 0.3 is 0 Å². The summed E-state index contributed by atoms with van der Waals surface area (Å²) < 4.78 is 15.7. The first-order valence-corrected chi connectivity index (χ1v) is 12.0. The smallest absolute Gasteiger partial charge is 0.276 e. The first kappa shape index (κ1) is 25.1. The van der Waals surface area contributed by atoms with Crippen molar-refractivity contribution >= 4 is 29.2 Å². The van der Waals surface area contributed by atoms with Crippen LogP contribution in [0, 0.1) is 12.7 Å². The summed E-state index contributed by atoms with van der Waals surface area (Å²) in [5.74, 6) is -0.240. The van der Waals surface area contributed by atoms with E-state index in [1.54, 1.807) is 17.7 Å². The highest BCUT2D eigenvalue weighted by Crippen LogP contribution is 2.28. The third kappa shape index (κ3) is 5.62. The molecule has 0 saturated heterocycles. The van der Waals surface area contributed by atoms with Gasteiger partial charge in [0.05, 0.1) is 23.5 Å². The van der Waals surface area contributed by atoms with Gasteiger partial charge in [-0.15, -0.1) is 0 Å². The van der Waals surface area contributed by atoms with Crippen LogP contribution in [0.15, 0.2) is 53.5 Å². The Bertz CT molecular complexity index is 1300. The lowest BCUT2D eigenvalue weighted by Crippen LogP contribution is -2.27. The highest BCUT2D eigenvalue weighted by atomic mass is 19.1. The number of hydrogen-bond donors (Lipinski definition) is 3. The molecule has 1 aliphatic rings. The maximum atomic E-state index is 14.2. The summed E-state index contributed by atoms with van der Waals surface area (Å²) in [4.78, 5) is 30.3. The van der Waals surface area contributed by atoms with Crippen LogP contribution in [0.4, 0.5) is 15.9 Å². The van der Waals surface area contributed by atoms with Gasteiger partial charge in [0.25, 0.3) is 11.8 Å². The third-order valence-corrected chi connectivity index (χ3v) is 5.93. The second-order valence-corrected chi connectivity index (χ2v) is 9.75. The first-order chi connectivity index (χ1) is 17.1. The maximum absolute atomic E-state index is 14.2. The van der Waals surface area contributed by atoms with E-state index in [1.807, 2.05) is 45.0 Å². The van der Waals surface area contributed by atoms with E-state index < -0.39 is 23.2 Å². The number of carbonyl (C=O) groups excluding carboxylic acids is 2. The van der Waals surface area contributed by atoms with Gasteiger partial charge in [-0.3, -0.25) is 14.6 Å². The van der Waals surface area contributed by atoms with Crippen LogP contribution >= 0.6 is 0 Å². The van der Waals surface area contributed by atoms with E-state index in [4.69, 9.17) is 0 Å². The quantitative estimate of drug-likeness (QED) is 0.453. The SMILES string of the molecule is Cc1c(C(=O)Nc2ccc(CCC3=NCCN3)cc2)nn(C(C)(C)C)c1NC(=O)c1ccccc1F. The molecule has 9 heteroatoms. The molecule has 2 heterocycles. The number of aromatic nitrogens is 2. The van der Waals surface area contributed by atoms with Crippen LogP contribution in [0.5, 0.6) is 0 Å². The minimum absolute atomic E-state index is 0.0829. The van der Waals surface area contributed by atoms with Crippen molar-refractivity contribution < 1.29 is 14.0 Å². The number of anilines is 2. The minimum atomic E-state index is -0.622. The second-order valence-electron chi connectivity index (χ2n) is 9.75. The van der Waals surface area contributed by atoms with E-state index in [2.05, 4.69) is 26.0 Å². The molecule has 36 heavy (non-hydrogen) atoms. The fraction of sp³-hybridized carbons (Fsp3) is 0.333. The van der Waals surface area contributed by atoms with Crippen molar-refractivity contribution in [3.63, 3.8) is 0 Å². The van der Waals surface area contributed by atoms with Crippen LogP contribution in [0.2, 0.25) is 0 Å². The lowest BCUT2D eigenvalue weighted by atomic mass is 10.1.